The number of allylic oxidation sites excluding steroid dienone is 1. The van der Waals surface area contributed by atoms with Gasteiger partial charge in [-0.1, -0.05) is 0 Å². The summed E-state index contributed by atoms with van der Waals surface area (Å²) < 4.78 is 4.88. The summed E-state index contributed by atoms with van der Waals surface area (Å²) >= 11 is 0. The first-order valence-electron chi connectivity index (χ1n) is 3.69. The third-order valence-electron chi connectivity index (χ3n) is 2.12. The molecule has 1 N–H and O–H groups in total. The summed E-state index contributed by atoms with van der Waals surface area (Å²) in [6.07, 6.45) is 2.95. The average molecular weight is 168 g/mol. The van der Waals surface area contributed by atoms with E-state index in [1.54, 1.807) is 13.0 Å². The number of hydrogen-bond donors (Lipinski definition) is 1. The van der Waals surface area contributed by atoms with Crippen LogP contribution in [0.15, 0.2) is 23.5 Å². The van der Waals surface area contributed by atoms with E-state index < -0.39 is 5.60 Å². The average Bonchev–Trinajstić information content (AvgIpc) is 2.00. The van der Waals surface area contributed by atoms with Gasteiger partial charge in [0.15, 0.2) is 5.78 Å². The quantitative estimate of drug-likeness (QED) is 0.629. The number of hydrogen-bond acceptors (Lipinski definition) is 3. The Morgan fingerprint density at radius 2 is 2.08 bits per heavy atom. The summed E-state index contributed by atoms with van der Waals surface area (Å²) in [5.74, 6) is 0.156. The summed E-state index contributed by atoms with van der Waals surface area (Å²) in [7, 11) is 1.49. The van der Waals surface area contributed by atoms with Crippen LogP contribution in [0.3, 0.4) is 0 Å². The van der Waals surface area contributed by atoms with Gasteiger partial charge in [0.2, 0.25) is 0 Å². The Balaban J connectivity index is 3.05. The van der Waals surface area contributed by atoms with Crippen LogP contribution in [0.25, 0.3) is 0 Å². The Morgan fingerprint density at radius 3 is 2.50 bits per heavy atom. The summed E-state index contributed by atoms with van der Waals surface area (Å²) in [4.78, 5) is 11.2. The molecular formula is C9H12O3. The molecule has 0 spiro atoms. The van der Waals surface area contributed by atoms with Gasteiger partial charge < -0.3 is 9.84 Å². The van der Waals surface area contributed by atoms with Crippen molar-refractivity contribution in [2.75, 3.05) is 7.11 Å². The molecule has 0 saturated carbocycles. The summed E-state index contributed by atoms with van der Waals surface area (Å²) in [5, 5.41) is 9.61. The monoisotopic (exact) mass is 168 g/mol. The molecule has 1 aliphatic carbocycles. The molecule has 66 valence electrons. The molecule has 3 nitrogen and oxygen atoms in total. The molecule has 1 unspecified atom stereocenters. The van der Waals surface area contributed by atoms with Gasteiger partial charge in [0.05, 0.1) is 7.11 Å². The summed E-state index contributed by atoms with van der Waals surface area (Å²) in [6, 6.07) is 0. The minimum atomic E-state index is -1.36. The van der Waals surface area contributed by atoms with Crippen LogP contribution in [0.4, 0.5) is 0 Å². The fraction of sp³-hybridized carbons (Fsp3) is 0.444. The van der Waals surface area contributed by atoms with E-state index in [0.29, 0.717) is 11.3 Å². The van der Waals surface area contributed by atoms with Crippen molar-refractivity contribution < 1.29 is 14.6 Å². The molecule has 0 aromatic carbocycles. The Morgan fingerprint density at radius 1 is 1.50 bits per heavy atom. The van der Waals surface area contributed by atoms with Gasteiger partial charge in [-0.2, -0.15) is 0 Å². The minimum absolute atomic E-state index is 0.334. The summed E-state index contributed by atoms with van der Waals surface area (Å²) in [5.41, 5.74) is -0.756. The van der Waals surface area contributed by atoms with E-state index in [1.807, 2.05) is 0 Å². The molecule has 1 aliphatic rings. The fourth-order valence-corrected chi connectivity index (χ4v) is 0.977. The van der Waals surface area contributed by atoms with Crippen LogP contribution in [-0.2, 0) is 9.53 Å². The van der Waals surface area contributed by atoms with Gasteiger partial charge in [0.25, 0.3) is 0 Å². The number of aliphatic hydroxyl groups is 1. The van der Waals surface area contributed by atoms with Crippen molar-refractivity contribution in [1.82, 2.24) is 0 Å². The van der Waals surface area contributed by atoms with Crippen LogP contribution < -0.4 is 0 Å². The third kappa shape index (κ3) is 1.28. The van der Waals surface area contributed by atoms with E-state index in [4.69, 9.17) is 4.74 Å². The number of ketones is 1. The molecule has 1 rings (SSSR count). The van der Waals surface area contributed by atoms with Crippen molar-refractivity contribution in [3.63, 3.8) is 0 Å². The van der Waals surface area contributed by atoms with Crippen LogP contribution in [0, 0.1) is 0 Å². The highest BCUT2D eigenvalue weighted by Crippen LogP contribution is 2.24. The molecular weight excluding hydrogens is 156 g/mol. The molecule has 0 heterocycles. The molecule has 0 fully saturated rings. The molecule has 12 heavy (non-hydrogen) atoms. The lowest BCUT2D eigenvalue weighted by Gasteiger charge is -2.24. The third-order valence-corrected chi connectivity index (χ3v) is 2.12. The number of rotatable bonds is 1. The first-order chi connectivity index (χ1) is 5.48. The zero-order valence-corrected chi connectivity index (χ0v) is 7.42. The van der Waals surface area contributed by atoms with Crippen molar-refractivity contribution in [2.24, 2.45) is 0 Å². The van der Waals surface area contributed by atoms with Crippen molar-refractivity contribution in [3.05, 3.63) is 23.5 Å². The van der Waals surface area contributed by atoms with Crippen LogP contribution >= 0.6 is 0 Å². The van der Waals surface area contributed by atoms with Crippen molar-refractivity contribution in [2.45, 2.75) is 19.4 Å². The topological polar surface area (TPSA) is 46.5 Å². The van der Waals surface area contributed by atoms with Crippen LogP contribution in [0.5, 0.6) is 0 Å². The molecule has 0 amide bonds. The number of carbonyl (C=O) groups excluding carboxylic acids is 1. The molecule has 0 aromatic heterocycles. The molecule has 1 atom stereocenters. The number of methoxy groups -OCH3 is 1. The van der Waals surface area contributed by atoms with Gasteiger partial charge in [0, 0.05) is 6.08 Å². The fourth-order valence-electron chi connectivity index (χ4n) is 0.977. The maximum atomic E-state index is 11.2. The highest BCUT2D eigenvalue weighted by atomic mass is 16.5. The van der Waals surface area contributed by atoms with Crippen LogP contribution in [0.2, 0.25) is 0 Å². The standard InChI is InChI=1S/C9H12O3/c1-6-4-7(12-3)5-8(10)9(6,2)11/h4-5,11H,1-3H3. The second kappa shape index (κ2) is 2.75. The highest BCUT2D eigenvalue weighted by Gasteiger charge is 2.33. The van der Waals surface area contributed by atoms with Gasteiger partial charge in [0.1, 0.15) is 11.4 Å². The zero-order valence-electron chi connectivity index (χ0n) is 7.42. The van der Waals surface area contributed by atoms with Crippen LogP contribution in [-0.4, -0.2) is 23.6 Å². The van der Waals surface area contributed by atoms with E-state index in [0.717, 1.165) is 0 Å². The molecule has 0 saturated heterocycles. The van der Waals surface area contributed by atoms with Gasteiger partial charge in [-0.25, -0.2) is 0 Å². The Hall–Kier alpha value is -1.09. The molecule has 0 bridgehead atoms. The Kier molecular flexibility index (Phi) is 2.06. The van der Waals surface area contributed by atoms with E-state index in [-0.39, 0.29) is 5.78 Å². The lowest BCUT2D eigenvalue weighted by atomic mass is 9.88. The van der Waals surface area contributed by atoms with Gasteiger partial charge >= 0.3 is 0 Å². The second-order valence-electron chi connectivity index (χ2n) is 3.01. The molecule has 0 aliphatic heterocycles. The summed E-state index contributed by atoms with van der Waals surface area (Å²) in [6.45, 7) is 3.17. The predicted octanol–water partition coefficient (Wildman–Crippen LogP) is 0.797. The smallest absolute Gasteiger partial charge is 0.194 e. The Labute approximate surface area is 71.3 Å². The maximum Gasteiger partial charge on any atom is 0.194 e. The lowest BCUT2D eigenvalue weighted by Crippen LogP contribution is -2.37. The van der Waals surface area contributed by atoms with E-state index >= 15 is 0 Å². The van der Waals surface area contributed by atoms with Crippen LogP contribution in [0.1, 0.15) is 13.8 Å². The van der Waals surface area contributed by atoms with Gasteiger partial charge in [-0.05, 0) is 25.5 Å². The SMILES string of the molecule is COC1=CC(=O)C(C)(O)C(C)=C1. The maximum absolute atomic E-state index is 11.2. The normalized spacial score (nSPS) is 29.5. The zero-order chi connectivity index (χ0) is 9.35. The van der Waals surface area contributed by atoms with Gasteiger partial charge in [-0.3, -0.25) is 4.79 Å². The predicted molar refractivity (Wildman–Crippen MR) is 44.5 cm³/mol. The molecule has 3 heteroatoms. The second-order valence-corrected chi connectivity index (χ2v) is 3.01. The Bertz CT molecular complexity index is 271. The van der Waals surface area contributed by atoms with Crippen molar-refractivity contribution in [3.8, 4) is 0 Å². The number of ether oxygens (including phenoxy) is 1. The van der Waals surface area contributed by atoms with E-state index in [1.165, 1.54) is 20.1 Å². The lowest BCUT2D eigenvalue weighted by molar-refractivity contribution is -0.127. The van der Waals surface area contributed by atoms with Gasteiger partial charge in [-0.15, -0.1) is 0 Å². The highest BCUT2D eigenvalue weighted by molar-refractivity contribution is 6.00. The molecule has 0 radical (unpaired) electrons. The largest absolute Gasteiger partial charge is 0.497 e. The first-order valence-corrected chi connectivity index (χ1v) is 3.69. The van der Waals surface area contributed by atoms with Crippen molar-refractivity contribution >= 4 is 5.78 Å². The minimum Gasteiger partial charge on any atom is -0.497 e. The van der Waals surface area contributed by atoms with Crippen molar-refractivity contribution in [1.29, 1.82) is 0 Å². The van der Waals surface area contributed by atoms with E-state index in [2.05, 4.69) is 0 Å². The number of carbonyl (C=O) groups is 1. The first kappa shape index (κ1) is 9.00. The molecule has 0 aromatic rings. The van der Waals surface area contributed by atoms with E-state index in [9.17, 15) is 9.90 Å².